The van der Waals surface area contributed by atoms with E-state index in [0.717, 1.165) is 26.1 Å². The number of rotatable bonds is 1. The molecule has 0 aliphatic carbocycles. The molecule has 0 N–H and O–H groups in total. The molecule has 112 valence electrons. The van der Waals surface area contributed by atoms with Gasteiger partial charge in [-0.15, -0.1) is 0 Å². The molecule has 0 unspecified atom stereocenters. The number of thiazole rings is 1. The highest BCUT2D eigenvalue weighted by atomic mass is 32.1. The average Bonchev–Trinajstić information content (AvgIpc) is 2.77. The number of hydrogen-bond donors (Lipinski definition) is 0. The zero-order chi connectivity index (χ0) is 15.9. The van der Waals surface area contributed by atoms with E-state index in [1.807, 2.05) is 43.7 Å². The van der Waals surface area contributed by atoms with Gasteiger partial charge in [-0.05, 0) is 50.1 Å². The molecule has 22 heavy (non-hydrogen) atoms. The quantitative estimate of drug-likeness (QED) is 0.671. The Hall–Kier alpha value is -2.20. The number of amides is 1. The zero-order valence-corrected chi connectivity index (χ0v) is 14.0. The van der Waals surface area contributed by atoms with E-state index in [-0.39, 0.29) is 5.91 Å². The number of hydrogen-bond acceptors (Lipinski definition) is 2. The molecule has 0 fully saturated rings. The molecule has 1 aromatic heterocycles. The van der Waals surface area contributed by atoms with Crippen molar-refractivity contribution in [3.63, 3.8) is 0 Å². The van der Waals surface area contributed by atoms with E-state index in [1.165, 1.54) is 5.56 Å². The summed E-state index contributed by atoms with van der Waals surface area (Å²) in [4.78, 5) is 17.6. The number of nitrogens with zero attached hydrogens (tertiary/aromatic N) is 2. The second-order valence-electron chi connectivity index (χ2n) is 5.65. The Labute approximate surface area is 133 Å². The fraction of sp³-hybridized carbons (Fsp3) is 0.222. The predicted octanol–water partition coefficient (Wildman–Crippen LogP) is 3.91. The van der Waals surface area contributed by atoms with Gasteiger partial charge >= 0.3 is 0 Å². The van der Waals surface area contributed by atoms with Crippen LogP contribution in [0.5, 0.6) is 0 Å². The molecule has 0 aliphatic heterocycles. The summed E-state index contributed by atoms with van der Waals surface area (Å²) in [5.74, 6) is -0.180. The van der Waals surface area contributed by atoms with Crippen molar-refractivity contribution in [2.24, 2.45) is 12.0 Å². The number of carbonyl (C=O) groups excluding carboxylic acids is 1. The Morgan fingerprint density at radius 2 is 1.73 bits per heavy atom. The monoisotopic (exact) mass is 310 g/mol. The van der Waals surface area contributed by atoms with Gasteiger partial charge < -0.3 is 4.57 Å². The van der Waals surface area contributed by atoms with Crippen LogP contribution in [0.25, 0.3) is 10.2 Å². The molecule has 0 saturated heterocycles. The van der Waals surface area contributed by atoms with Crippen LogP contribution < -0.4 is 4.80 Å². The van der Waals surface area contributed by atoms with Gasteiger partial charge in [0.1, 0.15) is 0 Å². The van der Waals surface area contributed by atoms with E-state index in [0.29, 0.717) is 5.56 Å². The highest BCUT2D eigenvalue weighted by molar-refractivity contribution is 7.16. The number of benzene rings is 2. The Kier molecular flexibility index (Phi) is 3.71. The lowest BCUT2D eigenvalue weighted by Gasteiger charge is -2.02. The molecule has 3 aromatic rings. The summed E-state index contributed by atoms with van der Waals surface area (Å²) >= 11 is 1.55. The van der Waals surface area contributed by atoms with Crippen molar-refractivity contribution in [2.75, 3.05) is 0 Å². The van der Waals surface area contributed by atoms with E-state index in [1.54, 1.807) is 11.3 Å². The molecule has 3 nitrogen and oxygen atoms in total. The fourth-order valence-corrected chi connectivity index (χ4v) is 3.58. The third-order valence-corrected chi connectivity index (χ3v) is 4.88. The van der Waals surface area contributed by atoms with E-state index < -0.39 is 0 Å². The maximum Gasteiger partial charge on any atom is 0.279 e. The Balaban J connectivity index is 2.14. The van der Waals surface area contributed by atoms with Crippen LogP contribution in [-0.4, -0.2) is 10.5 Å². The summed E-state index contributed by atoms with van der Waals surface area (Å²) < 4.78 is 3.12. The van der Waals surface area contributed by atoms with Crippen LogP contribution >= 0.6 is 11.3 Å². The first kappa shape index (κ1) is 14.7. The number of carbonyl (C=O) groups is 1. The molecule has 0 saturated carbocycles. The molecule has 4 heteroatoms. The van der Waals surface area contributed by atoms with Gasteiger partial charge in [-0.2, -0.15) is 4.99 Å². The van der Waals surface area contributed by atoms with E-state index in [4.69, 9.17) is 0 Å². The molecule has 0 atom stereocenters. The van der Waals surface area contributed by atoms with Crippen molar-refractivity contribution in [2.45, 2.75) is 20.8 Å². The van der Waals surface area contributed by atoms with Crippen molar-refractivity contribution >= 4 is 27.5 Å². The summed E-state index contributed by atoms with van der Waals surface area (Å²) in [6.07, 6.45) is 0. The van der Waals surface area contributed by atoms with Crippen LogP contribution in [0.4, 0.5) is 0 Å². The first-order valence-electron chi connectivity index (χ1n) is 7.18. The van der Waals surface area contributed by atoms with E-state index in [2.05, 4.69) is 30.1 Å². The van der Waals surface area contributed by atoms with Crippen LogP contribution in [0, 0.1) is 20.8 Å². The van der Waals surface area contributed by atoms with Gasteiger partial charge in [0.05, 0.1) is 10.2 Å². The molecule has 3 rings (SSSR count). The molecular weight excluding hydrogens is 292 g/mol. The molecule has 0 aliphatic rings. The van der Waals surface area contributed by atoms with Crippen molar-refractivity contribution in [1.82, 2.24) is 4.57 Å². The summed E-state index contributed by atoms with van der Waals surface area (Å²) in [7, 11) is 1.95. The van der Waals surface area contributed by atoms with Crippen LogP contribution in [0.3, 0.4) is 0 Å². The number of aromatic nitrogens is 1. The van der Waals surface area contributed by atoms with Crippen molar-refractivity contribution < 1.29 is 4.79 Å². The van der Waals surface area contributed by atoms with Crippen LogP contribution in [0.15, 0.2) is 41.4 Å². The van der Waals surface area contributed by atoms with Crippen LogP contribution in [0.1, 0.15) is 27.0 Å². The number of fused-ring (bicyclic) bond motifs is 1. The summed E-state index contributed by atoms with van der Waals surface area (Å²) in [6.45, 7) is 5.99. The second-order valence-corrected chi connectivity index (χ2v) is 6.66. The highest BCUT2D eigenvalue weighted by Gasteiger charge is 2.10. The normalized spacial score (nSPS) is 12.1. The largest absolute Gasteiger partial charge is 0.319 e. The predicted molar refractivity (Wildman–Crippen MR) is 91.3 cm³/mol. The van der Waals surface area contributed by atoms with Crippen molar-refractivity contribution in [3.05, 3.63) is 63.5 Å². The van der Waals surface area contributed by atoms with Crippen LogP contribution in [-0.2, 0) is 7.05 Å². The standard InChI is InChI=1S/C18H18N2OS/c1-11-5-7-13(3)14(9-11)17(21)19-18-20(4)15-8-6-12(2)10-16(15)22-18/h5-10H,1-4H3. The first-order valence-corrected chi connectivity index (χ1v) is 8.00. The van der Waals surface area contributed by atoms with Gasteiger partial charge in [-0.3, -0.25) is 4.79 Å². The minimum absolute atomic E-state index is 0.180. The van der Waals surface area contributed by atoms with Gasteiger partial charge in [0.2, 0.25) is 0 Å². The lowest BCUT2D eigenvalue weighted by atomic mass is 10.1. The van der Waals surface area contributed by atoms with Gasteiger partial charge in [0.25, 0.3) is 5.91 Å². The fourth-order valence-electron chi connectivity index (χ4n) is 2.46. The van der Waals surface area contributed by atoms with Gasteiger partial charge in [-0.25, -0.2) is 0 Å². The van der Waals surface area contributed by atoms with Gasteiger partial charge in [0, 0.05) is 12.6 Å². The van der Waals surface area contributed by atoms with E-state index in [9.17, 15) is 4.79 Å². The molecule has 1 amide bonds. The highest BCUT2D eigenvalue weighted by Crippen LogP contribution is 2.18. The molecule has 1 heterocycles. The summed E-state index contributed by atoms with van der Waals surface area (Å²) in [5.41, 5.74) is 5.01. The summed E-state index contributed by atoms with van der Waals surface area (Å²) in [5, 5.41) is 0. The second kappa shape index (κ2) is 5.54. The lowest BCUT2D eigenvalue weighted by Crippen LogP contribution is -2.13. The third kappa shape index (κ3) is 2.62. The number of aryl methyl sites for hydroxylation is 4. The van der Waals surface area contributed by atoms with E-state index >= 15 is 0 Å². The zero-order valence-electron chi connectivity index (χ0n) is 13.2. The molecular formula is C18H18N2OS. The lowest BCUT2D eigenvalue weighted by molar-refractivity contribution is 0.0997. The Morgan fingerprint density at radius 1 is 1.05 bits per heavy atom. The minimum Gasteiger partial charge on any atom is -0.319 e. The smallest absolute Gasteiger partial charge is 0.279 e. The minimum atomic E-state index is -0.180. The maximum absolute atomic E-state index is 12.5. The molecule has 0 radical (unpaired) electrons. The molecule has 0 bridgehead atoms. The first-order chi connectivity index (χ1) is 10.5. The SMILES string of the molecule is Cc1ccc(C)c(C(=O)N=c2sc3cc(C)ccc3n2C)c1. The average molecular weight is 310 g/mol. The van der Waals surface area contributed by atoms with Crippen molar-refractivity contribution in [1.29, 1.82) is 0 Å². The maximum atomic E-state index is 12.5. The topological polar surface area (TPSA) is 34.4 Å². The molecule has 2 aromatic carbocycles. The van der Waals surface area contributed by atoms with Gasteiger partial charge in [-0.1, -0.05) is 35.1 Å². The van der Waals surface area contributed by atoms with Crippen molar-refractivity contribution in [3.8, 4) is 0 Å². The van der Waals surface area contributed by atoms with Gasteiger partial charge in [0.15, 0.2) is 4.80 Å². The molecule has 0 spiro atoms. The third-order valence-electron chi connectivity index (χ3n) is 3.79. The summed E-state index contributed by atoms with van der Waals surface area (Å²) in [6, 6.07) is 12.1. The Morgan fingerprint density at radius 3 is 2.50 bits per heavy atom. The Bertz CT molecular complexity index is 947. The van der Waals surface area contributed by atoms with Crippen LogP contribution in [0.2, 0.25) is 0 Å².